The van der Waals surface area contributed by atoms with Crippen molar-refractivity contribution in [3.8, 4) is 5.82 Å². The van der Waals surface area contributed by atoms with Crippen molar-refractivity contribution < 1.29 is 36.6 Å². The van der Waals surface area contributed by atoms with Crippen LogP contribution in [0.2, 0.25) is 0 Å². The van der Waals surface area contributed by atoms with Gasteiger partial charge in [0.25, 0.3) is 0 Å². The van der Waals surface area contributed by atoms with E-state index in [-0.39, 0.29) is 10.7 Å². The van der Waals surface area contributed by atoms with E-state index < -0.39 is 21.8 Å². The van der Waals surface area contributed by atoms with Gasteiger partial charge in [0.05, 0.1) is 0 Å². The Balaban J connectivity index is 2.35. The molecule has 2 rings (SSSR count). The van der Waals surface area contributed by atoms with Gasteiger partial charge in [-0.15, -0.1) is 0 Å². The zero-order valence-corrected chi connectivity index (χ0v) is 13.0. The summed E-state index contributed by atoms with van der Waals surface area (Å²) in [5, 5.41) is 4.48. The fraction of sp³-hybridized carbons (Fsp3) is 0.0833. The maximum absolute atomic E-state index is 12.5. The van der Waals surface area contributed by atoms with Gasteiger partial charge >= 0.3 is 137 Å². The molecule has 0 aliphatic heterocycles. The molecular formula is C12H9F3N4NiO2S. The summed E-state index contributed by atoms with van der Waals surface area (Å²) in [7, 11) is -3.92. The van der Waals surface area contributed by atoms with Crippen molar-refractivity contribution in [2.24, 2.45) is 0 Å². The van der Waals surface area contributed by atoms with E-state index in [1.54, 1.807) is 0 Å². The normalized spacial score (nSPS) is 12.0. The molecular weight excluding hydrogens is 380 g/mol. The number of sulfonamides is 1. The molecule has 2 aromatic heterocycles. The van der Waals surface area contributed by atoms with Crippen molar-refractivity contribution in [3.05, 3.63) is 49.1 Å². The number of hydrogen-bond acceptors (Lipinski definition) is 4. The molecule has 0 saturated carbocycles. The molecule has 0 aliphatic carbocycles. The van der Waals surface area contributed by atoms with Crippen LogP contribution in [0.3, 0.4) is 0 Å². The quantitative estimate of drug-likeness (QED) is 0.731. The summed E-state index contributed by atoms with van der Waals surface area (Å²) in [6, 6.07) is 2.42. The molecule has 2 heterocycles. The summed E-state index contributed by atoms with van der Waals surface area (Å²) in [5.41, 5.74) is -0.934. The molecule has 6 nitrogen and oxygen atoms in total. The van der Waals surface area contributed by atoms with Crippen molar-refractivity contribution >= 4 is 15.1 Å². The Morgan fingerprint density at radius 3 is 2.43 bits per heavy atom. The van der Waals surface area contributed by atoms with Gasteiger partial charge < -0.3 is 0 Å². The van der Waals surface area contributed by atoms with Gasteiger partial charge in [0, 0.05) is 0 Å². The van der Waals surface area contributed by atoms with Gasteiger partial charge in [-0.25, -0.2) is 0 Å². The van der Waals surface area contributed by atoms with Crippen LogP contribution in [-0.2, 0) is 31.2 Å². The van der Waals surface area contributed by atoms with Gasteiger partial charge in [0.2, 0.25) is 0 Å². The second-order valence-corrected chi connectivity index (χ2v) is 6.22. The molecule has 2 aromatic rings. The Morgan fingerprint density at radius 2 is 2.00 bits per heavy atom. The predicted molar refractivity (Wildman–Crippen MR) is 71.6 cm³/mol. The first-order chi connectivity index (χ1) is 10.7. The van der Waals surface area contributed by atoms with Crippen LogP contribution in [0, 0.1) is 0 Å². The summed E-state index contributed by atoms with van der Waals surface area (Å²) >= 11 is 4.26. The molecule has 126 valence electrons. The van der Waals surface area contributed by atoms with E-state index in [9.17, 15) is 21.6 Å². The fourth-order valence-corrected chi connectivity index (χ4v) is 3.02. The summed E-state index contributed by atoms with van der Waals surface area (Å²) in [6.45, 7) is 3.33. The van der Waals surface area contributed by atoms with Gasteiger partial charge in [-0.2, -0.15) is 0 Å². The Bertz CT molecular complexity index is 823. The van der Waals surface area contributed by atoms with Crippen LogP contribution in [0.25, 0.3) is 5.82 Å². The van der Waals surface area contributed by atoms with E-state index in [4.69, 9.17) is 0 Å². The number of aromatic nitrogens is 3. The van der Waals surface area contributed by atoms with E-state index in [1.807, 2.05) is 0 Å². The van der Waals surface area contributed by atoms with Crippen LogP contribution in [0.4, 0.5) is 13.2 Å². The summed E-state index contributed by atoms with van der Waals surface area (Å²) in [6.07, 6.45) is -1.09. The molecule has 0 fully saturated rings. The summed E-state index contributed by atoms with van der Waals surface area (Å²) < 4.78 is 63.5. The molecule has 0 spiro atoms. The first-order valence-corrected chi connectivity index (χ1v) is 7.85. The molecule has 0 amide bonds. The molecule has 0 aromatic carbocycles. The molecule has 0 atom stereocenters. The van der Waals surface area contributed by atoms with E-state index in [0.717, 1.165) is 32.7 Å². The Hall–Kier alpha value is -2.00. The molecule has 23 heavy (non-hydrogen) atoms. The minimum atomic E-state index is -4.52. The summed E-state index contributed by atoms with van der Waals surface area (Å²) in [5.74, 6) is 0.0368. The van der Waals surface area contributed by atoms with E-state index in [0.29, 0.717) is 6.20 Å². The van der Waals surface area contributed by atoms with Gasteiger partial charge in [0.15, 0.2) is 0 Å². The number of nitrogens with zero attached hydrogens (tertiary/aromatic N) is 4. The third-order valence-corrected chi connectivity index (χ3v) is 4.77. The van der Waals surface area contributed by atoms with Gasteiger partial charge in [-0.05, 0) is 0 Å². The van der Waals surface area contributed by atoms with E-state index >= 15 is 0 Å². The van der Waals surface area contributed by atoms with Crippen LogP contribution in [0.15, 0.2) is 48.4 Å². The molecule has 0 saturated heterocycles. The molecule has 0 bridgehead atoms. The number of pyridine rings is 1. The van der Waals surface area contributed by atoms with Crippen LogP contribution in [0.5, 0.6) is 0 Å². The molecule has 11 heteroatoms. The third-order valence-electron chi connectivity index (χ3n) is 2.70. The van der Waals surface area contributed by atoms with Gasteiger partial charge in [-0.1, -0.05) is 0 Å². The summed E-state index contributed by atoms with van der Waals surface area (Å²) in [4.78, 5) is 3.63. The van der Waals surface area contributed by atoms with Crippen LogP contribution < -0.4 is 0 Å². The zero-order chi connectivity index (χ0) is 17.3. The second kappa shape index (κ2) is 6.25. The number of hydrogen-bond donors (Lipinski definition) is 0. The van der Waals surface area contributed by atoms with Crippen LogP contribution >= 0.6 is 0 Å². The van der Waals surface area contributed by atoms with Gasteiger partial charge in [0.1, 0.15) is 0 Å². The Kier molecular flexibility index (Phi) is 4.72. The van der Waals surface area contributed by atoms with E-state index in [1.165, 1.54) is 12.1 Å². The van der Waals surface area contributed by atoms with E-state index in [2.05, 4.69) is 31.7 Å². The Morgan fingerprint density at radius 1 is 1.30 bits per heavy atom. The average molecular weight is 389 g/mol. The maximum atomic E-state index is 12.5. The van der Waals surface area contributed by atoms with Crippen molar-refractivity contribution in [1.82, 2.24) is 19.1 Å². The number of halogens is 3. The van der Waals surface area contributed by atoms with Crippen molar-refractivity contribution in [3.63, 3.8) is 0 Å². The Labute approximate surface area is 137 Å². The van der Waals surface area contributed by atoms with Crippen molar-refractivity contribution in [1.29, 1.82) is 0 Å². The SMILES string of the molecule is C=CN([CH]=[Ni])S(=O)(=O)c1ccc(-n2cc(C(F)(F)F)cn2)nc1. The second-order valence-electron chi connectivity index (χ2n) is 4.12. The first kappa shape index (κ1) is 17.4. The van der Waals surface area contributed by atoms with Crippen molar-refractivity contribution in [2.45, 2.75) is 11.1 Å². The average Bonchev–Trinajstić information content (AvgIpc) is 2.98. The monoisotopic (exact) mass is 388 g/mol. The first-order valence-electron chi connectivity index (χ1n) is 5.84. The minimum absolute atomic E-state index is 0.0368. The number of rotatable bonds is 5. The topological polar surface area (TPSA) is 68.1 Å². The molecule has 0 aliphatic rings. The molecule has 0 unspecified atom stereocenters. The standard InChI is InChI=1S/C12H9F3N4O2S.Ni/c1-3-18(2)22(20,21)10-4-5-11(16-7-10)19-8-9(6-17-19)12(13,14)15;/h2-8H,1H2;. The zero-order valence-electron chi connectivity index (χ0n) is 11.2. The third kappa shape index (κ3) is 3.51. The molecule has 0 radical (unpaired) electrons. The van der Waals surface area contributed by atoms with Crippen LogP contribution in [0.1, 0.15) is 5.56 Å². The predicted octanol–water partition coefficient (Wildman–Crippen LogP) is 1.73. The fourth-order valence-electron chi connectivity index (χ4n) is 1.55. The number of alkyl halides is 3. The van der Waals surface area contributed by atoms with Crippen molar-refractivity contribution in [2.75, 3.05) is 0 Å². The van der Waals surface area contributed by atoms with Crippen LogP contribution in [-0.4, -0.2) is 32.6 Å². The van der Waals surface area contributed by atoms with Gasteiger partial charge in [-0.3, -0.25) is 0 Å². The molecule has 0 N–H and O–H groups in total.